The van der Waals surface area contributed by atoms with Crippen molar-refractivity contribution in [2.75, 3.05) is 31.3 Å². The van der Waals surface area contributed by atoms with Crippen LogP contribution in [0, 0.1) is 0 Å². The molecule has 2 aromatic rings. The zero-order valence-corrected chi connectivity index (χ0v) is 13.9. The Balaban J connectivity index is 1.67. The van der Waals surface area contributed by atoms with Gasteiger partial charge < -0.3 is 25.3 Å². The zero-order valence-electron chi connectivity index (χ0n) is 13.9. The summed E-state index contributed by atoms with van der Waals surface area (Å²) in [6.07, 6.45) is 3.64. The second-order valence-corrected chi connectivity index (χ2v) is 5.58. The minimum absolute atomic E-state index is 0.171. The zero-order chi connectivity index (χ0) is 17.6. The Bertz CT molecular complexity index is 730. The van der Waals surface area contributed by atoms with E-state index in [2.05, 4.69) is 20.0 Å². The van der Waals surface area contributed by atoms with Gasteiger partial charge in [-0.1, -0.05) is 0 Å². The Kier molecular flexibility index (Phi) is 5.30. The van der Waals surface area contributed by atoms with Crippen LogP contribution < -0.4 is 15.8 Å². The molecule has 8 nitrogen and oxygen atoms in total. The molecule has 0 amide bonds. The van der Waals surface area contributed by atoms with Gasteiger partial charge in [-0.25, -0.2) is 9.78 Å². The van der Waals surface area contributed by atoms with E-state index in [4.69, 9.17) is 15.2 Å². The topological polar surface area (TPSA) is 109 Å². The molecule has 0 aliphatic carbocycles. The van der Waals surface area contributed by atoms with Crippen molar-refractivity contribution in [1.82, 2.24) is 9.97 Å². The maximum absolute atomic E-state index is 11.4. The Labute approximate surface area is 145 Å². The highest BCUT2D eigenvalue weighted by Gasteiger charge is 2.17. The van der Waals surface area contributed by atoms with E-state index >= 15 is 0 Å². The molecule has 0 spiro atoms. The van der Waals surface area contributed by atoms with Crippen molar-refractivity contribution in [3.05, 3.63) is 36.2 Å². The fourth-order valence-electron chi connectivity index (χ4n) is 2.51. The molecule has 0 radical (unpaired) electrons. The molecular formula is C17H20N4O4. The number of carbonyl (C=O) groups is 1. The van der Waals surface area contributed by atoms with Crippen LogP contribution in [0.3, 0.4) is 0 Å². The van der Waals surface area contributed by atoms with Crippen LogP contribution in [0.15, 0.2) is 30.6 Å². The number of nitrogens with one attached hydrogen (secondary N) is 1. The van der Waals surface area contributed by atoms with Crippen LogP contribution in [0.5, 0.6) is 11.6 Å². The predicted octanol–water partition coefficient (Wildman–Crippen LogP) is 2.23. The molecule has 8 heteroatoms. The summed E-state index contributed by atoms with van der Waals surface area (Å²) in [5.74, 6) is 0.846. The normalized spacial score (nSPS) is 16.4. The molecule has 25 heavy (non-hydrogen) atoms. The smallest absolute Gasteiger partial charge is 0.337 e. The second-order valence-electron chi connectivity index (χ2n) is 5.58. The van der Waals surface area contributed by atoms with Crippen molar-refractivity contribution >= 4 is 17.5 Å². The number of methoxy groups -OCH3 is 1. The number of rotatable bonds is 6. The molecule has 1 aliphatic heterocycles. The maximum Gasteiger partial charge on any atom is 0.337 e. The first-order valence-corrected chi connectivity index (χ1v) is 7.99. The SMILES string of the molecule is COC(=O)c1ccc(Oc2ncnc(NCC3CCCO3)c2N)cc1. The van der Waals surface area contributed by atoms with E-state index in [0.717, 1.165) is 19.4 Å². The number of esters is 1. The number of carbonyl (C=O) groups excluding carboxylic acids is 1. The summed E-state index contributed by atoms with van der Waals surface area (Å²) >= 11 is 0. The van der Waals surface area contributed by atoms with Crippen molar-refractivity contribution in [2.45, 2.75) is 18.9 Å². The molecule has 132 valence electrons. The molecule has 1 fully saturated rings. The fraction of sp³-hybridized carbons (Fsp3) is 0.353. The Hall–Kier alpha value is -2.87. The molecule has 1 aliphatic rings. The van der Waals surface area contributed by atoms with Crippen LogP contribution in [0.2, 0.25) is 0 Å². The van der Waals surface area contributed by atoms with Crippen LogP contribution in [-0.2, 0) is 9.47 Å². The van der Waals surface area contributed by atoms with E-state index in [9.17, 15) is 4.79 Å². The van der Waals surface area contributed by atoms with Gasteiger partial charge in [0.05, 0.1) is 18.8 Å². The van der Waals surface area contributed by atoms with Crippen molar-refractivity contribution in [3.8, 4) is 11.6 Å². The first-order valence-electron chi connectivity index (χ1n) is 7.99. The van der Waals surface area contributed by atoms with E-state index in [1.54, 1.807) is 24.3 Å². The van der Waals surface area contributed by atoms with Crippen molar-refractivity contribution in [1.29, 1.82) is 0 Å². The van der Waals surface area contributed by atoms with Crippen LogP contribution in [0.1, 0.15) is 23.2 Å². The van der Waals surface area contributed by atoms with Gasteiger partial charge in [0.15, 0.2) is 5.82 Å². The van der Waals surface area contributed by atoms with Gasteiger partial charge in [-0.3, -0.25) is 0 Å². The number of hydrogen-bond acceptors (Lipinski definition) is 8. The Morgan fingerprint density at radius 2 is 2.16 bits per heavy atom. The lowest BCUT2D eigenvalue weighted by Gasteiger charge is -2.14. The molecular weight excluding hydrogens is 324 g/mol. The van der Waals surface area contributed by atoms with E-state index in [-0.39, 0.29) is 12.0 Å². The molecule has 1 unspecified atom stereocenters. The number of nitrogens with two attached hydrogens (primary N) is 1. The number of anilines is 2. The number of nitrogen functional groups attached to an aromatic ring is 1. The molecule has 1 saturated heterocycles. The lowest BCUT2D eigenvalue weighted by Crippen LogP contribution is -2.19. The summed E-state index contributed by atoms with van der Waals surface area (Å²) in [7, 11) is 1.33. The summed E-state index contributed by atoms with van der Waals surface area (Å²) in [5, 5.41) is 3.17. The maximum atomic E-state index is 11.4. The minimum Gasteiger partial charge on any atom is -0.465 e. The first-order chi connectivity index (χ1) is 12.2. The summed E-state index contributed by atoms with van der Waals surface area (Å²) in [4.78, 5) is 19.7. The van der Waals surface area contributed by atoms with Gasteiger partial charge in [-0.05, 0) is 37.1 Å². The standard InChI is InChI=1S/C17H20N4O4/c1-23-17(22)11-4-6-12(7-5-11)25-16-14(18)15(20-10-21-16)19-9-13-3-2-8-24-13/h4-7,10,13H,2-3,8-9,18H2,1H3,(H,19,20,21). The number of ether oxygens (including phenoxy) is 3. The lowest BCUT2D eigenvalue weighted by molar-refractivity contribution is 0.0600. The third kappa shape index (κ3) is 4.16. The van der Waals surface area contributed by atoms with Gasteiger partial charge in [0.25, 0.3) is 0 Å². The average Bonchev–Trinajstić information content (AvgIpc) is 3.16. The van der Waals surface area contributed by atoms with E-state index in [1.807, 2.05) is 0 Å². The van der Waals surface area contributed by atoms with E-state index in [0.29, 0.717) is 29.4 Å². The monoisotopic (exact) mass is 344 g/mol. The minimum atomic E-state index is -0.409. The molecule has 3 N–H and O–H groups in total. The second kappa shape index (κ2) is 7.80. The van der Waals surface area contributed by atoms with Gasteiger partial charge in [-0.15, -0.1) is 0 Å². The van der Waals surface area contributed by atoms with Gasteiger partial charge in [-0.2, -0.15) is 4.98 Å². The van der Waals surface area contributed by atoms with Gasteiger partial charge in [0.1, 0.15) is 17.8 Å². The highest BCUT2D eigenvalue weighted by molar-refractivity contribution is 5.89. The molecule has 3 rings (SSSR count). The van der Waals surface area contributed by atoms with Crippen LogP contribution in [-0.4, -0.2) is 42.3 Å². The quantitative estimate of drug-likeness (QED) is 0.768. The summed E-state index contributed by atoms with van der Waals surface area (Å²) in [5.41, 5.74) is 6.84. The van der Waals surface area contributed by atoms with Crippen molar-refractivity contribution in [3.63, 3.8) is 0 Å². The van der Waals surface area contributed by atoms with E-state index < -0.39 is 5.97 Å². The van der Waals surface area contributed by atoms with Crippen LogP contribution in [0.4, 0.5) is 11.5 Å². The number of benzene rings is 1. The van der Waals surface area contributed by atoms with Crippen LogP contribution in [0.25, 0.3) is 0 Å². The summed E-state index contributed by atoms with van der Waals surface area (Å²) < 4.78 is 15.9. The molecule has 1 atom stereocenters. The van der Waals surface area contributed by atoms with Gasteiger partial charge in [0.2, 0.25) is 5.88 Å². The van der Waals surface area contributed by atoms with E-state index in [1.165, 1.54) is 13.4 Å². The molecule has 1 aromatic carbocycles. The summed E-state index contributed by atoms with van der Waals surface area (Å²) in [6, 6.07) is 6.50. The summed E-state index contributed by atoms with van der Waals surface area (Å²) in [6.45, 7) is 1.43. The van der Waals surface area contributed by atoms with Crippen molar-refractivity contribution < 1.29 is 19.0 Å². The lowest BCUT2D eigenvalue weighted by atomic mass is 10.2. The number of hydrogen-bond donors (Lipinski definition) is 2. The molecule has 0 saturated carbocycles. The Morgan fingerprint density at radius 1 is 1.36 bits per heavy atom. The molecule has 1 aromatic heterocycles. The number of nitrogens with zero attached hydrogens (tertiary/aromatic N) is 2. The Morgan fingerprint density at radius 3 is 2.84 bits per heavy atom. The molecule has 2 heterocycles. The third-order valence-corrected chi connectivity index (χ3v) is 3.86. The van der Waals surface area contributed by atoms with Gasteiger partial charge >= 0.3 is 5.97 Å². The first kappa shape index (κ1) is 17.0. The van der Waals surface area contributed by atoms with Crippen molar-refractivity contribution in [2.24, 2.45) is 0 Å². The number of aromatic nitrogens is 2. The predicted molar refractivity (Wildman–Crippen MR) is 91.8 cm³/mol. The fourth-order valence-corrected chi connectivity index (χ4v) is 2.51. The highest BCUT2D eigenvalue weighted by Crippen LogP contribution is 2.29. The largest absolute Gasteiger partial charge is 0.465 e. The highest BCUT2D eigenvalue weighted by atomic mass is 16.5. The van der Waals surface area contributed by atoms with Crippen LogP contribution >= 0.6 is 0 Å². The van der Waals surface area contributed by atoms with Gasteiger partial charge in [0, 0.05) is 13.2 Å². The molecule has 0 bridgehead atoms. The third-order valence-electron chi connectivity index (χ3n) is 3.86. The average molecular weight is 344 g/mol.